The van der Waals surface area contributed by atoms with Gasteiger partial charge in [0.25, 0.3) is 0 Å². The average molecular weight is 334 g/mol. The van der Waals surface area contributed by atoms with Crippen LogP contribution in [-0.4, -0.2) is 39.2 Å². The van der Waals surface area contributed by atoms with Crippen molar-refractivity contribution in [1.29, 1.82) is 0 Å². The van der Waals surface area contributed by atoms with E-state index < -0.39 is 0 Å². The van der Waals surface area contributed by atoms with Gasteiger partial charge in [-0.1, -0.05) is 16.9 Å². The molecular weight excluding hydrogens is 320 g/mol. The van der Waals surface area contributed by atoms with Crippen LogP contribution >= 0.6 is 11.8 Å². The number of benzene rings is 1. The summed E-state index contributed by atoms with van der Waals surface area (Å²) in [4.78, 5) is 4.36. The van der Waals surface area contributed by atoms with Gasteiger partial charge in [-0.3, -0.25) is 0 Å². The Morgan fingerprint density at radius 3 is 2.87 bits per heavy atom. The fourth-order valence-corrected chi connectivity index (χ4v) is 2.54. The van der Waals surface area contributed by atoms with E-state index in [-0.39, 0.29) is 0 Å². The second-order valence-corrected chi connectivity index (χ2v) is 5.33. The SMILES string of the molecule is COc1ccc(-c2noc(CSc3nncn3N)n2)c(OC)c1. The Kier molecular flexibility index (Phi) is 4.33. The molecular formula is C13H14N6O3S. The van der Waals surface area contributed by atoms with Crippen LogP contribution in [0, 0.1) is 0 Å². The first-order valence-electron chi connectivity index (χ1n) is 6.54. The van der Waals surface area contributed by atoms with E-state index in [0.717, 1.165) is 5.56 Å². The molecule has 0 aliphatic carbocycles. The normalized spacial score (nSPS) is 10.7. The summed E-state index contributed by atoms with van der Waals surface area (Å²) in [7, 11) is 3.16. The molecule has 120 valence electrons. The first-order valence-corrected chi connectivity index (χ1v) is 7.52. The fraction of sp³-hybridized carbons (Fsp3) is 0.231. The third kappa shape index (κ3) is 3.21. The van der Waals surface area contributed by atoms with Gasteiger partial charge in [0, 0.05) is 6.07 Å². The molecule has 23 heavy (non-hydrogen) atoms. The molecule has 0 radical (unpaired) electrons. The van der Waals surface area contributed by atoms with Gasteiger partial charge in [-0.05, 0) is 12.1 Å². The summed E-state index contributed by atoms with van der Waals surface area (Å²) in [5.41, 5.74) is 0.718. The van der Waals surface area contributed by atoms with Crippen LogP contribution < -0.4 is 15.3 Å². The van der Waals surface area contributed by atoms with Gasteiger partial charge in [-0.25, -0.2) is 4.68 Å². The van der Waals surface area contributed by atoms with E-state index in [9.17, 15) is 0 Å². The number of nitrogens with zero attached hydrogens (tertiary/aromatic N) is 5. The molecule has 2 heterocycles. The summed E-state index contributed by atoms with van der Waals surface area (Å²) in [5.74, 6) is 8.25. The van der Waals surface area contributed by atoms with Gasteiger partial charge >= 0.3 is 0 Å². The monoisotopic (exact) mass is 334 g/mol. The molecule has 3 aromatic rings. The Morgan fingerprint density at radius 2 is 2.17 bits per heavy atom. The number of hydrogen-bond donors (Lipinski definition) is 1. The van der Waals surface area contributed by atoms with Gasteiger partial charge < -0.3 is 19.8 Å². The molecule has 0 amide bonds. The largest absolute Gasteiger partial charge is 0.497 e. The van der Waals surface area contributed by atoms with Crippen LogP contribution in [0.5, 0.6) is 11.5 Å². The van der Waals surface area contributed by atoms with Gasteiger partial charge in [0.2, 0.25) is 16.9 Å². The molecule has 0 saturated carbocycles. The number of thioether (sulfide) groups is 1. The molecule has 10 heteroatoms. The third-order valence-electron chi connectivity index (χ3n) is 2.98. The van der Waals surface area contributed by atoms with E-state index >= 15 is 0 Å². The second-order valence-electron chi connectivity index (χ2n) is 4.39. The number of rotatable bonds is 6. The molecule has 0 bridgehead atoms. The van der Waals surface area contributed by atoms with E-state index in [1.165, 1.54) is 22.8 Å². The molecule has 0 aliphatic heterocycles. The number of nitrogens with two attached hydrogens (primary N) is 1. The first kappa shape index (κ1) is 15.2. The number of ether oxygens (including phenoxy) is 2. The van der Waals surface area contributed by atoms with Crippen LogP contribution in [0.25, 0.3) is 11.4 Å². The lowest BCUT2D eigenvalue weighted by Crippen LogP contribution is -2.07. The zero-order valence-corrected chi connectivity index (χ0v) is 13.3. The van der Waals surface area contributed by atoms with Gasteiger partial charge in [0.05, 0.1) is 25.5 Å². The maximum absolute atomic E-state index is 5.64. The van der Waals surface area contributed by atoms with Crippen molar-refractivity contribution >= 4 is 11.8 Å². The number of nitrogen functional groups attached to an aromatic ring is 1. The van der Waals surface area contributed by atoms with E-state index in [1.807, 2.05) is 6.07 Å². The molecule has 0 unspecified atom stereocenters. The van der Waals surface area contributed by atoms with E-state index in [1.54, 1.807) is 26.4 Å². The molecule has 0 spiro atoms. The Morgan fingerprint density at radius 1 is 1.30 bits per heavy atom. The van der Waals surface area contributed by atoms with Crippen LogP contribution in [0.1, 0.15) is 5.89 Å². The van der Waals surface area contributed by atoms with Crippen molar-refractivity contribution in [1.82, 2.24) is 25.0 Å². The summed E-state index contributed by atoms with van der Waals surface area (Å²) in [6.45, 7) is 0. The highest BCUT2D eigenvalue weighted by atomic mass is 32.2. The highest BCUT2D eigenvalue weighted by Gasteiger charge is 2.15. The maximum atomic E-state index is 5.64. The first-order chi connectivity index (χ1) is 11.2. The number of methoxy groups -OCH3 is 2. The molecule has 1 aromatic carbocycles. The summed E-state index contributed by atoms with van der Waals surface area (Å²) < 4.78 is 17.1. The molecule has 0 fully saturated rings. The fourth-order valence-electron chi connectivity index (χ4n) is 1.87. The average Bonchev–Trinajstić information content (AvgIpc) is 3.21. The Balaban J connectivity index is 1.78. The summed E-state index contributed by atoms with van der Waals surface area (Å²) >= 11 is 1.35. The van der Waals surface area contributed by atoms with Crippen molar-refractivity contribution in [3.8, 4) is 22.9 Å². The Bertz CT molecular complexity index is 803. The highest BCUT2D eigenvalue weighted by molar-refractivity contribution is 7.98. The van der Waals surface area contributed by atoms with Crippen LogP contribution in [0.3, 0.4) is 0 Å². The summed E-state index contributed by atoms with van der Waals surface area (Å²) in [6.07, 6.45) is 1.42. The minimum absolute atomic E-state index is 0.432. The number of aromatic nitrogens is 5. The van der Waals surface area contributed by atoms with Crippen molar-refractivity contribution in [3.05, 3.63) is 30.4 Å². The Labute approximate surface area is 135 Å². The minimum atomic E-state index is 0.432. The lowest BCUT2D eigenvalue weighted by molar-refractivity contribution is 0.388. The zero-order chi connectivity index (χ0) is 16.2. The van der Waals surface area contributed by atoms with Crippen molar-refractivity contribution in [2.75, 3.05) is 20.1 Å². The topological polar surface area (TPSA) is 114 Å². The van der Waals surface area contributed by atoms with E-state index in [0.29, 0.717) is 34.1 Å². The van der Waals surface area contributed by atoms with Gasteiger partial charge in [-0.15, -0.1) is 10.2 Å². The molecule has 3 rings (SSSR count). The van der Waals surface area contributed by atoms with Gasteiger partial charge in [-0.2, -0.15) is 4.98 Å². The quantitative estimate of drug-likeness (QED) is 0.527. The summed E-state index contributed by atoms with van der Waals surface area (Å²) in [6, 6.07) is 5.38. The van der Waals surface area contributed by atoms with Crippen molar-refractivity contribution in [3.63, 3.8) is 0 Å². The van der Waals surface area contributed by atoms with Gasteiger partial charge in [0.15, 0.2) is 0 Å². The lowest BCUT2D eigenvalue weighted by atomic mass is 10.2. The maximum Gasteiger partial charge on any atom is 0.237 e. The minimum Gasteiger partial charge on any atom is -0.497 e. The van der Waals surface area contributed by atoms with Crippen molar-refractivity contribution in [2.24, 2.45) is 0 Å². The standard InChI is InChI=1S/C13H14N6O3S/c1-20-8-3-4-9(10(5-8)21-2)12-16-11(22-18-12)6-23-13-17-15-7-19(13)14/h3-5,7H,6,14H2,1-2H3. The van der Waals surface area contributed by atoms with Crippen LogP contribution in [0.4, 0.5) is 0 Å². The molecule has 0 atom stereocenters. The smallest absolute Gasteiger partial charge is 0.237 e. The van der Waals surface area contributed by atoms with Crippen molar-refractivity contribution in [2.45, 2.75) is 10.9 Å². The second kappa shape index (κ2) is 6.57. The van der Waals surface area contributed by atoms with Gasteiger partial charge in [0.1, 0.15) is 17.8 Å². The highest BCUT2D eigenvalue weighted by Crippen LogP contribution is 2.32. The van der Waals surface area contributed by atoms with Crippen LogP contribution in [0.15, 0.2) is 34.2 Å². The van der Waals surface area contributed by atoms with Crippen molar-refractivity contribution < 1.29 is 14.0 Å². The summed E-state index contributed by atoms with van der Waals surface area (Å²) in [5, 5.41) is 12.1. The molecule has 0 saturated heterocycles. The Hall–Kier alpha value is -2.75. The lowest BCUT2D eigenvalue weighted by Gasteiger charge is -2.07. The predicted molar refractivity (Wildman–Crippen MR) is 82.6 cm³/mol. The predicted octanol–water partition coefficient (Wildman–Crippen LogP) is 1.35. The molecule has 9 nitrogen and oxygen atoms in total. The molecule has 2 aromatic heterocycles. The molecule has 2 N–H and O–H groups in total. The van der Waals surface area contributed by atoms with E-state index in [2.05, 4.69) is 20.3 Å². The van der Waals surface area contributed by atoms with Crippen LogP contribution in [-0.2, 0) is 5.75 Å². The number of hydrogen-bond acceptors (Lipinski definition) is 9. The molecule has 0 aliphatic rings. The van der Waals surface area contributed by atoms with E-state index in [4.69, 9.17) is 19.8 Å². The third-order valence-corrected chi connectivity index (χ3v) is 3.92. The van der Waals surface area contributed by atoms with Crippen LogP contribution in [0.2, 0.25) is 0 Å². The zero-order valence-electron chi connectivity index (χ0n) is 12.5.